The number of aryl methyl sites for hydroxylation is 2. The van der Waals surface area contributed by atoms with E-state index in [9.17, 15) is 4.79 Å². The van der Waals surface area contributed by atoms with E-state index in [1.54, 1.807) is 0 Å². The Hall–Kier alpha value is -1.25. The highest BCUT2D eigenvalue weighted by Crippen LogP contribution is 2.15. The van der Waals surface area contributed by atoms with Crippen molar-refractivity contribution in [2.24, 2.45) is 0 Å². The van der Waals surface area contributed by atoms with Crippen LogP contribution in [-0.4, -0.2) is 17.1 Å². The fraction of sp³-hybridized carbons (Fsp3) is 0.583. The molecule has 1 N–H and O–H groups in total. The summed E-state index contributed by atoms with van der Waals surface area (Å²) in [5.74, 6) is -0.208. The molecule has 0 aliphatic heterocycles. The summed E-state index contributed by atoms with van der Waals surface area (Å²) in [4.78, 5) is 14.9. The summed E-state index contributed by atoms with van der Waals surface area (Å²) in [5, 5.41) is 0. The second-order valence-corrected chi connectivity index (χ2v) is 3.82. The number of aromatic amines is 1. The van der Waals surface area contributed by atoms with Gasteiger partial charge in [-0.25, -0.2) is 4.79 Å². The highest BCUT2D eigenvalue weighted by Gasteiger charge is 2.18. The third-order valence-corrected chi connectivity index (χ3v) is 2.66. The lowest BCUT2D eigenvalue weighted by atomic mass is 10.1. The maximum atomic E-state index is 11.8. The molecule has 0 aliphatic rings. The largest absolute Gasteiger partial charge is 0.459 e. The number of esters is 1. The molecule has 3 nitrogen and oxygen atoms in total. The normalized spacial score (nSPS) is 10.7. The van der Waals surface area contributed by atoms with Gasteiger partial charge in [-0.3, -0.25) is 0 Å². The van der Waals surface area contributed by atoms with Crippen molar-refractivity contribution in [3.8, 4) is 0 Å². The molecule has 0 fully saturated rings. The highest BCUT2D eigenvalue weighted by molar-refractivity contribution is 5.92. The van der Waals surface area contributed by atoms with Gasteiger partial charge in [0.25, 0.3) is 0 Å². The zero-order valence-corrected chi connectivity index (χ0v) is 9.89. The molecule has 0 saturated carbocycles. The zero-order chi connectivity index (χ0) is 11.4. The van der Waals surface area contributed by atoms with Gasteiger partial charge in [-0.05, 0) is 32.3 Å². The first kappa shape index (κ1) is 11.8. The lowest BCUT2D eigenvalue weighted by Crippen LogP contribution is -2.17. The smallest absolute Gasteiger partial charge is 0.340 e. The Morgan fingerprint density at radius 1 is 1.40 bits per heavy atom. The van der Waals surface area contributed by atoms with Crippen molar-refractivity contribution in [1.29, 1.82) is 0 Å². The molecule has 0 amide bonds. The second kappa shape index (κ2) is 5.01. The van der Waals surface area contributed by atoms with Gasteiger partial charge >= 0.3 is 5.97 Å². The number of carbonyl (C=O) groups is 1. The first-order valence-corrected chi connectivity index (χ1v) is 5.45. The number of rotatable bonds is 4. The molecule has 1 rings (SSSR count). The minimum Gasteiger partial charge on any atom is -0.459 e. The van der Waals surface area contributed by atoms with Crippen LogP contribution >= 0.6 is 0 Å². The zero-order valence-electron chi connectivity index (χ0n) is 9.89. The van der Waals surface area contributed by atoms with E-state index < -0.39 is 0 Å². The Morgan fingerprint density at radius 2 is 2.00 bits per heavy atom. The summed E-state index contributed by atoms with van der Waals surface area (Å²) in [6, 6.07) is 0. The predicted octanol–water partition coefficient (Wildman–Crippen LogP) is 2.98. The van der Waals surface area contributed by atoms with E-state index in [0.717, 1.165) is 24.1 Å². The van der Waals surface area contributed by atoms with Crippen LogP contribution in [0.3, 0.4) is 0 Å². The van der Waals surface area contributed by atoms with Crippen LogP contribution in [0.1, 0.15) is 48.3 Å². The molecule has 0 unspecified atom stereocenters. The number of hydrogen-bond acceptors (Lipinski definition) is 2. The average Bonchev–Trinajstić information content (AvgIpc) is 2.55. The molecule has 15 heavy (non-hydrogen) atoms. The van der Waals surface area contributed by atoms with Crippen molar-refractivity contribution >= 4 is 5.97 Å². The molecule has 0 aromatic carbocycles. The summed E-state index contributed by atoms with van der Waals surface area (Å²) in [6.45, 7) is 7.85. The van der Waals surface area contributed by atoms with Crippen LogP contribution in [0.2, 0.25) is 0 Å². The molecular weight excluding hydrogens is 190 g/mol. The third-order valence-electron chi connectivity index (χ3n) is 2.66. The van der Waals surface area contributed by atoms with Gasteiger partial charge in [-0.2, -0.15) is 0 Å². The Kier molecular flexibility index (Phi) is 3.95. The minimum atomic E-state index is -0.208. The van der Waals surface area contributed by atoms with Crippen LogP contribution in [-0.2, 0) is 4.74 Å². The SMILES string of the molecule is CCC(CC)OC(=O)c1c(C)c[nH]c1C. The molecule has 84 valence electrons. The molecule has 0 spiro atoms. The van der Waals surface area contributed by atoms with E-state index in [1.165, 1.54) is 0 Å². The van der Waals surface area contributed by atoms with E-state index >= 15 is 0 Å². The minimum absolute atomic E-state index is 0.0335. The molecule has 0 atom stereocenters. The molecule has 0 saturated heterocycles. The Labute approximate surface area is 90.8 Å². The molecular formula is C12H19NO2. The van der Waals surface area contributed by atoms with Gasteiger partial charge in [0, 0.05) is 11.9 Å². The predicted molar refractivity (Wildman–Crippen MR) is 60.1 cm³/mol. The number of carbonyl (C=O) groups excluding carboxylic acids is 1. The molecule has 0 bridgehead atoms. The lowest BCUT2D eigenvalue weighted by Gasteiger charge is -2.14. The van der Waals surface area contributed by atoms with Crippen molar-refractivity contribution in [3.63, 3.8) is 0 Å². The fourth-order valence-electron chi connectivity index (χ4n) is 1.64. The summed E-state index contributed by atoms with van der Waals surface area (Å²) < 4.78 is 5.40. The Bertz CT molecular complexity index is 318. The van der Waals surface area contributed by atoms with Gasteiger partial charge < -0.3 is 9.72 Å². The molecule has 1 heterocycles. The molecule has 3 heteroatoms. The summed E-state index contributed by atoms with van der Waals surface area (Å²) in [6.07, 6.45) is 3.60. The highest BCUT2D eigenvalue weighted by atomic mass is 16.5. The van der Waals surface area contributed by atoms with Crippen molar-refractivity contribution in [3.05, 3.63) is 23.0 Å². The van der Waals surface area contributed by atoms with Gasteiger partial charge in [-0.1, -0.05) is 13.8 Å². The summed E-state index contributed by atoms with van der Waals surface area (Å²) >= 11 is 0. The van der Waals surface area contributed by atoms with Crippen LogP contribution < -0.4 is 0 Å². The topological polar surface area (TPSA) is 42.1 Å². The number of nitrogens with one attached hydrogen (secondary N) is 1. The number of aromatic nitrogens is 1. The maximum Gasteiger partial charge on any atom is 0.340 e. The van der Waals surface area contributed by atoms with Crippen LogP contribution in [0.4, 0.5) is 0 Å². The number of ether oxygens (including phenoxy) is 1. The number of hydrogen-bond donors (Lipinski definition) is 1. The van der Waals surface area contributed by atoms with E-state index in [0.29, 0.717) is 5.56 Å². The molecule has 0 aliphatic carbocycles. The van der Waals surface area contributed by atoms with Gasteiger partial charge in [0.1, 0.15) is 6.10 Å². The van der Waals surface area contributed by atoms with Crippen LogP contribution in [0, 0.1) is 13.8 Å². The lowest BCUT2D eigenvalue weighted by molar-refractivity contribution is 0.0283. The molecule has 1 aromatic heterocycles. The first-order chi connectivity index (χ1) is 7.10. The van der Waals surface area contributed by atoms with Gasteiger partial charge in [0.15, 0.2) is 0 Å². The Morgan fingerprint density at radius 3 is 2.40 bits per heavy atom. The van der Waals surface area contributed by atoms with E-state index in [2.05, 4.69) is 4.98 Å². The van der Waals surface area contributed by atoms with Crippen LogP contribution in [0.5, 0.6) is 0 Å². The maximum absolute atomic E-state index is 11.8. The Balaban J connectivity index is 2.77. The fourth-order valence-corrected chi connectivity index (χ4v) is 1.64. The van der Waals surface area contributed by atoms with E-state index in [1.807, 2.05) is 33.9 Å². The molecule has 1 aromatic rings. The van der Waals surface area contributed by atoms with Gasteiger partial charge in [0.2, 0.25) is 0 Å². The third kappa shape index (κ3) is 2.61. The van der Waals surface area contributed by atoms with Crippen LogP contribution in [0.15, 0.2) is 6.20 Å². The number of H-pyrrole nitrogens is 1. The monoisotopic (exact) mass is 209 g/mol. The van der Waals surface area contributed by atoms with Gasteiger partial charge in [0.05, 0.1) is 5.56 Å². The summed E-state index contributed by atoms with van der Waals surface area (Å²) in [5.41, 5.74) is 2.51. The second-order valence-electron chi connectivity index (χ2n) is 3.82. The van der Waals surface area contributed by atoms with Crippen LogP contribution in [0.25, 0.3) is 0 Å². The molecule has 0 radical (unpaired) electrons. The van der Waals surface area contributed by atoms with Gasteiger partial charge in [-0.15, -0.1) is 0 Å². The summed E-state index contributed by atoms with van der Waals surface area (Å²) in [7, 11) is 0. The van der Waals surface area contributed by atoms with E-state index in [-0.39, 0.29) is 12.1 Å². The van der Waals surface area contributed by atoms with E-state index in [4.69, 9.17) is 4.74 Å². The first-order valence-electron chi connectivity index (χ1n) is 5.45. The quantitative estimate of drug-likeness (QED) is 0.774. The van der Waals surface area contributed by atoms with Crippen molar-refractivity contribution in [2.45, 2.75) is 46.6 Å². The van der Waals surface area contributed by atoms with Crippen molar-refractivity contribution in [1.82, 2.24) is 4.98 Å². The van der Waals surface area contributed by atoms with Crippen molar-refractivity contribution in [2.75, 3.05) is 0 Å². The standard InChI is InChI=1S/C12H19NO2/c1-5-10(6-2)15-12(14)11-8(3)7-13-9(11)4/h7,10,13H,5-6H2,1-4H3. The van der Waals surface area contributed by atoms with Crippen molar-refractivity contribution < 1.29 is 9.53 Å². The average molecular weight is 209 g/mol.